The van der Waals surface area contributed by atoms with E-state index in [0.717, 1.165) is 12.8 Å². The molecular weight excluding hydrogens is 292 g/mol. The zero-order chi connectivity index (χ0) is 15.3. The Labute approximate surface area is 123 Å². The topological polar surface area (TPSA) is 95.5 Å². The van der Waals surface area contributed by atoms with Gasteiger partial charge in [-0.05, 0) is 31.0 Å². The van der Waals surface area contributed by atoms with E-state index in [1.807, 2.05) is 0 Å². The minimum absolute atomic E-state index is 0.0338. The Morgan fingerprint density at radius 3 is 2.81 bits per heavy atom. The summed E-state index contributed by atoms with van der Waals surface area (Å²) in [6.07, 6.45) is 1.90. The predicted octanol–water partition coefficient (Wildman–Crippen LogP) is -0.413. The van der Waals surface area contributed by atoms with Crippen LogP contribution in [0.2, 0.25) is 0 Å². The third-order valence-corrected chi connectivity index (χ3v) is 4.22. The van der Waals surface area contributed by atoms with Gasteiger partial charge in [-0.15, -0.1) is 0 Å². The van der Waals surface area contributed by atoms with Gasteiger partial charge < -0.3 is 10.4 Å². The summed E-state index contributed by atoms with van der Waals surface area (Å²) in [5, 5.41) is 11.3. The Morgan fingerprint density at radius 1 is 1.38 bits per heavy atom. The van der Waals surface area contributed by atoms with Crippen molar-refractivity contribution in [1.82, 2.24) is 10.0 Å². The second-order valence-electron chi connectivity index (χ2n) is 4.65. The number of carbonyl (C=O) groups is 1. The highest BCUT2D eigenvalue weighted by Crippen LogP contribution is 2.18. The molecule has 1 aliphatic carbocycles. The SMILES string of the molecule is O=C(CNS(=O)(=O)c1cccc(C#CCO)c1)NC1CC1. The van der Waals surface area contributed by atoms with Gasteiger partial charge in [0, 0.05) is 11.6 Å². The minimum Gasteiger partial charge on any atom is -0.384 e. The van der Waals surface area contributed by atoms with E-state index >= 15 is 0 Å². The molecule has 1 fully saturated rings. The number of aliphatic hydroxyl groups is 1. The zero-order valence-corrected chi connectivity index (χ0v) is 12.1. The third kappa shape index (κ3) is 4.86. The Kier molecular flexibility index (Phi) is 4.96. The molecule has 1 saturated carbocycles. The molecule has 0 aliphatic heterocycles. The number of hydrogen-bond donors (Lipinski definition) is 3. The normalized spacial score (nSPS) is 14.1. The molecule has 112 valence electrons. The van der Waals surface area contributed by atoms with Crippen LogP contribution in [0.3, 0.4) is 0 Å². The van der Waals surface area contributed by atoms with Crippen LogP contribution in [0.4, 0.5) is 0 Å². The lowest BCUT2D eigenvalue weighted by molar-refractivity contribution is -0.120. The van der Waals surface area contributed by atoms with Gasteiger partial charge >= 0.3 is 0 Å². The molecule has 1 aliphatic rings. The van der Waals surface area contributed by atoms with Gasteiger partial charge in [-0.25, -0.2) is 13.1 Å². The van der Waals surface area contributed by atoms with Crippen LogP contribution in [-0.2, 0) is 14.8 Å². The molecule has 7 heteroatoms. The van der Waals surface area contributed by atoms with Crippen LogP contribution < -0.4 is 10.0 Å². The van der Waals surface area contributed by atoms with Crippen molar-refractivity contribution in [3.63, 3.8) is 0 Å². The fraction of sp³-hybridized carbons (Fsp3) is 0.357. The summed E-state index contributed by atoms with van der Waals surface area (Å²) in [5.41, 5.74) is 0.481. The van der Waals surface area contributed by atoms with Crippen LogP contribution in [0.15, 0.2) is 29.2 Å². The first kappa shape index (κ1) is 15.5. The fourth-order valence-corrected chi connectivity index (χ4v) is 2.66. The van der Waals surface area contributed by atoms with Gasteiger partial charge in [-0.3, -0.25) is 4.79 Å². The van der Waals surface area contributed by atoms with Crippen LogP contribution in [0.1, 0.15) is 18.4 Å². The predicted molar refractivity (Wildman–Crippen MR) is 76.8 cm³/mol. The molecule has 0 heterocycles. The molecule has 0 aromatic heterocycles. The van der Waals surface area contributed by atoms with Crippen LogP contribution in [0, 0.1) is 11.8 Å². The molecular formula is C14H16N2O4S. The number of aliphatic hydroxyl groups excluding tert-OH is 1. The van der Waals surface area contributed by atoms with Crippen LogP contribution in [-0.4, -0.2) is 38.6 Å². The summed E-state index contributed by atoms with van der Waals surface area (Å²) in [6, 6.07) is 6.20. The maximum Gasteiger partial charge on any atom is 0.241 e. The molecule has 21 heavy (non-hydrogen) atoms. The molecule has 1 aromatic rings. The molecule has 0 bridgehead atoms. The van der Waals surface area contributed by atoms with Gasteiger partial charge in [-0.2, -0.15) is 0 Å². The Morgan fingerprint density at radius 2 is 2.14 bits per heavy atom. The lowest BCUT2D eigenvalue weighted by Gasteiger charge is -2.07. The number of nitrogens with one attached hydrogen (secondary N) is 2. The molecule has 0 atom stereocenters. The summed E-state index contributed by atoms with van der Waals surface area (Å²) in [4.78, 5) is 11.5. The van der Waals surface area contributed by atoms with Gasteiger partial charge in [0.1, 0.15) is 6.61 Å². The molecule has 0 spiro atoms. The molecule has 0 radical (unpaired) electrons. The molecule has 0 unspecified atom stereocenters. The number of rotatable bonds is 5. The first-order valence-electron chi connectivity index (χ1n) is 6.50. The molecule has 3 N–H and O–H groups in total. The van der Waals surface area contributed by atoms with Crippen molar-refractivity contribution in [3.05, 3.63) is 29.8 Å². The summed E-state index contributed by atoms with van der Waals surface area (Å²) in [7, 11) is -3.76. The Balaban J connectivity index is 2.02. The smallest absolute Gasteiger partial charge is 0.241 e. The van der Waals surface area contributed by atoms with Gasteiger partial charge in [0.25, 0.3) is 0 Å². The number of carbonyl (C=O) groups excluding carboxylic acids is 1. The summed E-state index contributed by atoms with van der Waals surface area (Å²) in [5.74, 6) is 4.75. The van der Waals surface area contributed by atoms with E-state index in [1.165, 1.54) is 12.1 Å². The van der Waals surface area contributed by atoms with Gasteiger partial charge in [0.05, 0.1) is 11.4 Å². The van der Waals surface area contributed by atoms with E-state index in [1.54, 1.807) is 12.1 Å². The van der Waals surface area contributed by atoms with Gasteiger partial charge in [0.15, 0.2) is 0 Å². The lowest BCUT2D eigenvalue weighted by Crippen LogP contribution is -2.37. The summed E-state index contributed by atoms with van der Waals surface area (Å²) < 4.78 is 26.4. The third-order valence-electron chi connectivity index (χ3n) is 2.82. The largest absolute Gasteiger partial charge is 0.384 e. The number of amides is 1. The fourth-order valence-electron chi connectivity index (χ4n) is 1.63. The lowest BCUT2D eigenvalue weighted by atomic mass is 10.2. The second-order valence-corrected chi connectivity index (χ2v) is 6.42. The van der Waals surface area contributed by atoms with Gasteiger partial charge in [-0.1, -0.05) is 17.9 Å². The number of hydrogen-bond acceptors (Lipinski definition) is 4. The molecule has 1 aromatic carbocycles. The minimum atomic E-state index is -3.76. The van der Waals surface area contributed by atoms with E-state index in [9.17, 15) is 13.2 Å². The van der Waals surface area contributed by atoms with Crippen LogP contribution in [0.5, 0.6) is 0 Å². The van der Waals surface area contributed by atoms with Crippen LogP contribution >= 0.6 is 0 Å². The maximum atomic E-state index is 12.1. The molecule has 1 amide bonds. The van der Waals surface area contributed by atoms with Crippen molar-refractivity contribution in [2.45, 2.75) is 23.8 Å². The Hall–Kier alpha value is -1.88. The Bertz CT molecular complexity index is 684. The van der Waals surface area contributed by atoms with Crippen molar-refractivity contribution >= 4 is 15.9 Å². The van der Waals surface area contributed by atoms with E-state index < -0.39 is 10.0 Å². The first-order valence-corrected chi connectivity index (χ1v) is 7.98. The molecule has 6 nitrogen and oxygen atoms in total. The average molecular weight is 308 g/mol. The van der Waals surface area contributed by atoms with E-state index in [2.05, 4.69) is 21.9 Å². The van der Waals surface area contributed by atoms with Crippen molar-refractivity contribution < 1.29 is 18.3 Å². The molecule has 0 saturated heterocycles. The van der Waals surface area contributed by atoms with Crippen molar-refractivity contribution in [3.8, 4) is 11.8 Å². The first-order chi connectivity index (χ1) is 10.0. The van der Waals surface area contributed by atoms with Crippen LogP contribution in [0.25, 0.3) is 0 Å². The quantitative estimate of drug-likeness (QED) is 0.644. The highest BCUT2D eigenvalue weighted by Gasteiger charge is 2.24. The van der Waals surface area contributed by atoms with E-state index in [4.69, 9.17) is 5.11 Å². The number of benzene rings is 1. The van der Waals surface area contributed by atoms with E-state index in [0.29, 0.717) is 5.56 Å². The summed E-state index contributed by atoms with van der Waals surface area (Å²) in [6.45, 7) is -0.581. The standard InChI is InChI=1S/C14H16N2O4S/c17-8-2-4-11-3-1-5-13(9-11)21(19,20)15-10-14(18)16-12-6-7-12/h1,3,5,9,12,15,17H,6-8,10H2,(H,16,18). The average Bonchev–Trinajstić information content (AvgIpc) is 3.27. The highest BCUT2D eigenvalue weighted by molar-refractivity contribution is 7.89. The highest BCUT2D eigenvalue weighted by atomic mass is 32.2. The van der Waals surface area contributed by atoms with E-state index in [-0.39, 0.29) is 30.0 Å². The van der Waals surface area contributed by atoms with Crippen molar-refractivity contribution in [2.24, 2.45) is 0 Å². The zero-order valence-electron chi connectivity index (χ0n) is 11.3. The number of sulfonamides is 1. The maximum absolute atomic E-state index is 12.1. The summed E-state index contributed by atoms with van der Waals surface area (Å²) >= 11 is 0. The second kappa shape index (κ2) is 6.72. The monoisotopic (exact) mass is 308 g/mol. The molecule has 2 rings (SSSR count). The van der Waals surface area contributed by atoms with Gasteiger partial charge in [0.2, 0.25) is 15.9 Å². The van der Waals surface area contributed by atoms with Crippen molar-refractivity contribution in [2.75, 3.05) is 13.2 Å². The van der Waals surface area contributed by atoms with Crippen molar-refractivity contribution in [1.29, 1.82) is 0 Å².